The van der Waals surface area contributed by atoms with Gasteiger partial charge in [0.1, 0.15) is 24.4 Å². The Morgan fingerprint density at radius 2 is 2.19 bits per heavy atom. The number of tetrazole rings is 1. The molecule has 0 unspecified atom stereocenters. The maximum atomic E-state index is 11.6. The summed E-state index contributed by atoms with van der Waals surface area (Å²) in [5.74, 6) is 0.957. The average molecular weight is 285 g/mol. The zero-order chi connectivity index (χ0) is 14.7. The van der Waals surface area contributed by atoms with Crippen molar-refractivity contribution in [1.29, 1.82) is 0 Å². The van der Waals surface area contributed by atoms with Gasteiger partial charge in [-0.15, -0.1) is 14.9 Å². The minimum atomic E-state index is -0.507. The van der Waals surface area contributed by atoms with E-state index in [-0.39, 0.29) is 12.4 Å². The van der Waals surface area contributed by atoms with Crippen LogP contribution < -0.4 is 10.4 Å². The van der Waals surface area contributed by atoms with Crippen molar-refractivity contribution in [1.82, 2.24) is 35.4 Å². The molecule has 2 aromatic heterocycles. The van der Waals surface area contributed by atoms with Crippen LogP contribution in [0.2, 0.25) is 0 Å². The molecule has 0 amide bonds. The van der Waals surface area contributed by atoms with Crippen LogP contribution in [0, 0.1) is 6.92 Å². The van der Waals surface area contributed by atoms with E-state index in [1.807, 2.05) is 31.2 Å². The highest BCUT2D eigenvalue weighted by atomic mass is 16.5. The standard InChI is InChI=1S/C12H11N7O2/c1-8-4-2-3-5-10(8)21-6-9-11(13-7-14-15-9)19-12(20)16-17-18-19/h2-5,7H,6H2,1H3,(H,16,18,20). The lowest BCUT2D eigenvalue weighted by Gasteiger charge is -2.09. The first-order chi connectivity index (χ1) is 10.3. The third kappa shape index (κ3) is 2.61. The van der Waals surface area contributed by atoms with Crippen LogP contribution in [0.15, 0.2) is 35.4 Å². The normalized spacial score (nSPS) is 10.5. The fraction of sp³-hybridized carbons (Fsp3) is 0.167. The van der Waals surface area contributed by atoms with Crippen LogP contribution in [-0.2, 0) is 6.61 Å². The quantitative estimate of drug-likeness (QED) is 0.719. The molecule has 0 saturated carbocycles. The second-order valence-electron chi connectivity index (χ2n) is 4.20. The van der Waals surface area contributed by atoms with Gasteiger partial charge in [-0.25, -0.2) is 14.9 Å². The molecule has 0 aliphatic carbocycles. The molecule has 9 heteroatoms. The third-order valence-electron chi connectivity index (χ3n) is 2.80. The minimum absolute atomic E-state index is 0.111. The smallest absolute Gasteiger partial charge is 0.367 e. The van der Waals surface area contributed by atoms with Gasteiger partial charge in [-0.2, -0.15) is 0 Å². The number of aromatic nitrogens is 7. The van der Waals surface area contributed by atoms with E-state index in [2.05, 4.69) is 30.7 Å². The van der Waals surface area contributed by atoms with Gasteiger partial charge < -0.3 is 4.74 Å². The monoisotopic (exact) mass is 285 g/mol. The van der Waals surface area contributed by atoms with Crippen LogP contribution in [-0.4, -0.2) is 35.4 Å². The molecule has 106 valence electrons. The van der Waals surface area contributed by atoms with Gasteiger partial charge in [-0.05, 0) is 29.0 Å². The van der Waals surface area contributed by atoms with Gasteiger partial charge in [0.2, 0.25) is 0 Å². The highest BCUT2D eigenvalue weighted by Gasteiger charge is 2.13. The summed E-state index contributed by atoms with van der Waals surface area (Å²) in [6.07, 6.45) is 1.23. The number of rotatable bonds is 4. The number of hydrogen-bond acceptors (Lipinski definition) is 7. The molecule has 21 heavy (non-hydrogen) atoms. The van der Waals surface area contributed by atoms with Crippen molar-refractivity contribution < 1.29 is 4.74 Å². The SMILES string of the molecule is Cc1ccccc1OCc1nncnc1-n1nn[nH]c1=O. The van der Waals surface area contributed by atoms with Crippen LogP contribution >= 0.6 is 0 Å². The molecule has 2 heterocycles. The maximum absolute atomic E-state index is 11.6. The van der Waals surface area contributed by atoms with Crippen molar-refractivity contribution >= 4 is 0 Å². The van der Waals surface area contributed by atoms with Crippen LogP contribution in [0.25, 0.3) is 5.82 Å². The van der Waals surface area contributed by atoms with Crippen molar-refractivity contribution in [3.63, 3.8) is 0 Å². The third-order valence-corrected chi connectivity index (χ3v) is 2.80. The molecule has 3 rings (SSSR count). The number of ether oxygens (including phenoxy) is 1. The highest BCUT2D eigenvalue weighted by molar-refractivity contribution is 5.32. The molecule has 0 aliphatic heterocycles. The number of benzene rings is 1. The second kappa shape index (κ2) is 5.49. The van der Waals surface area contributed by atoms with E-state index < -0.39 is 5.69 Å². The molecule has 1 N–H and O–H groups in total. The molecule has 0 bridgehead atoms. The van der Waals surface area contributed by atoms with Crippen molar-refractivity contribution in [3.05, 3.63) is 52.3 Å². The second-order valence-corrected chi connectivity index (χ2v) is 4.20. The molecule has 9 nitrogen and oxygen atoms in total. The lowest BCUT2D eigenvalue weighted by atomic mass is 10.2. The zero-order valence-electron chi connectivity index (χ0n) is 11.1. The Bertz CT molecular complexity index is 811. The maximum Gasteiger partial charge on any atom is 0.367 e. The molecular weight excluding hydrogens is 274 g/mol. The van der Waals surface area contributed by atoms with Gasteiger partial charge in [0.25, 0.3) is 0 Å². The molecule has 0 fully saturated rings. The molecule has 1 aromatic carbocycles. The van der Waals surface area contributed by atoms with Gasteiger partial charge in [0.15, 0.2) is 5.82 Å². The molecule has 0 aliphatic rings. The van der Waals surface area contributed by atoms with Gasteiger partial charge in [-0.3, -0.25) is 0 Å². The Morgan fingerprint density at radius 1 is 1.33 bits per heavy atom. The Hall–Kier alpha value is -3.10. The van der Waals surface area contributed by atoms with E-state index in [9.17, 15) is 4.79 Å². The Kier molecular flexibility index (Phi) is 3.37. The van der Waals surface area contributed by atoms with Crippen molar-refractivity contribution in [2.75, 3.05) is 0 Å². The Balaban J connectivity index is 1.89. The zero-order valence-corrected chi connectivity index (χ0v) is 11.1. The van der Waals surface area contributed by atoms with Crippen molar-refractivity contribution in [2.45, 2.75) is 13.5 Å². The predicted octanol–water partition coefficient (Wildman–Crippen LogP) is 0.0280. The number of aryl methyl sites for hydroxylation is 1. The van der Waals surface area contributed by atoms with E-state index in [0.717, 1.165) is 16.0 Å². The number of nitrogens with one attached hydrogen (secondary N) is 1. The number of aromatic amines is 1. The number of para-hydroxylation sites is 1. The fourth-order valence-electron chi connectivity index (χ4n) is 1.77. The van der Waals surface area contributed by atoms with Crippen LogP contribution in [0.3, 0.4) is 0 Å². The number of nitrogens with zero attached hydrogens (tertiary/aromatic N) is 6. The summed E-state index contributed by atoms with van der Waals surface area (Å²) in [5, 5.41) is 16.9. The lowest BCUT2D eigenvalue weighted by Crippen LogP contribution is -2.20. The van der Waals surface area contributed by atoms with E-state index in [1.54, 1.807) is 0 Å². The molecule has 0 radical (unpaired) electrons. The Morgan fingerprint density at radius 3 is 2.95 bits per heavy atom. The summed E-state index contributed by atoms with van der Waals surface area (Å²) in [7, 11) is 0. The summed E-state index contributed by atoms with van der Waals surface area (Å²) in [5.41, 5.74) is 0.874. The van der Waals surface area contributed by atoms with Gasteiger partial charge in [0.05, 0.1) is 0 Å². The Labute approximate surface area is 118 Å². The van der Waals surface area contributed by atoms with Crippen LogP contribution in [0.4, 0.5) is 0 Å². The molecule has 0 atom stereocenters. The topological polar surface area (TPSA) is 111 Å². The lowest BCUT2D eigenvalue weighted by molar-refractivity contribution is 0.296. The average Bonchev–Trinajstić information content (AvgIpc) is 2.93. The van der Waals surface area contributed by atoms with Crippen molar-refractivity contribution in [2.24, 2.45) is 0 Å². The molecule has 3 aromatic rings. The van der Waals surface area contributed by atoms with Gasteiger partial charge in [-0.1, -0.05) is 18.2 Å². The van der Waals surface area contributed by atoms with E-state index in [4.69, 9.17) is 4.74 Å². The first-order valence-electron chi connectivity index (χ1n) is 6.11. The summed E-state index contributed by atoms with van der Waals surface area (Å²) >= 11 is 0. The fourth-order valence-corrected chi connectivity index (χ4v) is 1.77. The van der Waals surface area contributed by atoms with E-state index in [0.29, 0.717) is 5.69 Å². The molecular formula is C12H11N7O2. The van der Waals surface area contributed by atoms with Gasteiger partial charge >= 0.3 is 5.69 Å². The van der Waals surface area contributed by atoms with E-state index >= 15 is 0 Å². The number of hydrogen-bond donors (Lipinski definition) is 1. The largest absolute Gasteiger partial charge is 0.487 e. The first kappa shape index (κ1) is 12.9. The minimum Gasteiger partial charge on any atom is -0.487 e. The molecule has 0 saturated heterocycles. The van der Waals surface area contributed by atoms with Crippen LogP contribution in [0.5, 0.6) is 5.75 Å². The van der Waals surface area contributed by atoms with Gasteiger partial charge in [0, 0.05) is 0 Å². The highest BCUT2D eigenvalue weighted by Crippen LogP contribution is 2.18. The summed E-state index contributed by atoms with van der Waals surface area (Å²) in [4.78, 5) is 15.6. The van der Waals surface area contributed by atoms with Crippen LogP contribution in [0.1, 0.15) is 11.3 Å². The van der Waals surface area contributed by atoms with E-state index in [1.165, 1.54) is 6.33 Å². The first-order valence-corrected chi connectivity index (χ1v) is 6.11. The summed E-state index contributed by atoms with van der Waals surface area (Å²) in [6.45, 7) is 2.05. The van der Waals surface area contributed by atoms with Crippen molar-refractivity contribution in [3.8, 4) is 11.6 Å². The molecule has 0 spiro atoms. The number of H-pyrrole nitrogens is 1. The summed E-state index contributed by atoms with van der Waals surface area (Å²) < 4.78 is 6.69. The summed E-state index contributed by atoms with van der Waals surface area (Å²) in [6, 6.07) is 7.58. The predicted molar refractivity (Wildman–Crippen MR) is 70.9 cm³/mol.